The predicted molar refractivity (Wildman–Crippen MR) is 49.3 cm³/mol. The van der Waals surface area contributed by atoms with Crippen LogP contribution in [0.1, 0.15) is 20.3 Å². The van der Waals surface area contributed by atoms with Crippen LogP contribution < -0.4 is 5.32 Å². The second-order valence-electron chi connectivity index (χ2n) is 4.21. The number of carbonyl (C=O) groups is 2. The number of aliphatic hydroxyl groups excluding tert-OH is 1. The van der Waals surface area contributed by atoms with Crippen LogP contribution in [0.5, 0.6) is 0 Å². The van der Waals surface area contributed by atoms with Gasteiger partial charge in [-0.3, -0.25) is 9.59 Å². The highest BCUT2D eigenvalue weighted by Gasteiger charge is 2.41. The molecule has 0 radical (unpaired) electrons. The number of aliphatic hydroxyl groups is 1. The second-order valence-corrected chi connectivity index (χ2v) is 4.21. The number of carbonyl (C=O) groups excluding carboxylic acids is 2. The van der Waals surface area contributed by atoms with Crippen molar-refractivity contribution >= 4 is 11.7 Å². The molecule has 2 N–H and O–H groups in total. The summed E-state index contributed by atoms with van der Waals surface area (Å²) in [5, 5.41) is 11.9. The molecule has 1 amide bonds. The molecule has 4 heteroatoms. The monoisotopic (exact) mass is 193 g/mol. The number of hydrogen-bond donors (Lipinski definition) is 2. The van der Waals surface area contributed by atoms with Crippen molar-refractivity contribution in [3.05, 3.63) is 23.1 Å². The Balaban J connectivity index is 2.58. The molecule has 0 aromatic rings. The van der Waals surface area contributed by atoms with Gasteiger partial charge in [0.1, 0.15) is 0 Å². The van der Waals surface area contributed by atoms with Gasteiger partial charge in [-0.15, -0.1) is 0 Å². The van der Waals surface area contributed by atoms with Gasteiger partial charge in [0.25, 0.3) is 5.91 Å². The minimum Gasteiger partial charge on any atom is -0.502 e. The molecule has 2 aliphatic rings. The van der Waals surface area contributed by atoms with Crippen molar-refractivity contribution in [2.24, 2.45) is 5.41 Å². The minimum atomic E-state index is -0.586. The van der Waals surface area contributed by atoms with Gasteiger partial charge in [0.05, 0.1) is 11.3 Å². The smallest absolute Gasteiger partial charge is 0.291 e. The third-order valence-electron chi connectivity index (χ3n) is 2.63. The molecule has 0 saturated heterocycles. The third-order valence-corrected chi connectivity index (χ3v) is 2.63. The summed E-state index contributed by atoms with van der Waals surface area (Å²) in [6, 6.07) is 0. The van der Waals surface area contributed by atoms with Crippen LogP contribution >= 0.6 is 0 Å². The first-order valence-corrected chi connectivity index (χ1v) is 4.43. The quantitative estimate of drug-likeness (QED) is 0.598. The first-order chi connectivity index (χ1) is 6.43. The second kappa shape index (κ2) is 2.47. The fraction of sp³-hybridized carbons (Fsp3) is 0.400. The number of amides is 1. The zero-order chi connectivity index (χ0) is 10.5. The number of Topliss-reactive ketones (excluding diaryl/α,β-unsaturated/α-hetero) is 1. The lowest BCUT2D eigenvalue weighted by atomic mass is 9.76. The maximum absolute atomic E-state index is 11.8. The normalized spacial score (nSPS) is 24.6. The van der Waals surface area contributed by atoms with Crippen LogP contribution in [0.15, 0.2) is 23.1 Å². The van der Waals surface area contributed by atoms with E-state index in [9.17, 15) is 14.7 Å². The molecule has 74 valence electrons. The molecular formula is C10H11NO3. The van der Waals surface area contributed by atoms with E-state index in [2.05, 4.69) is 5.32 Å². The lowest BCUT2D eigenvalue weighted by Crippen LogP contribution is -2.30. The van der Waals surface area contributed by atoms with E-state index in [0.29, 0.717) is 12.1 Å². The van der Waals surface area contributed by atoms with E-state index >= 15 is 0 Å². The van der Waals surface area contributed by atoms with Gasteiger partial charge in [-0.2, -0.15) is 0 Å². The molecule has 0 saturated carbocycles. The van der Waals surface area contributed by atoms with Crippen molar-refractivity contribution in [3.8, 4) is 0 Å². The van der Waals surface area contributed by atoms with E-state index < -0.39 is 17.1 Å². The first kappa shape index (κ1) is 8.99. The van der Waals surface area contributed by atoms with Gasteiger partial charge < -0.3 is 10.4 Å². The highest BCUT2D eigenvalue weighted by atomic mass is 16.3. The van der Waals surface area contributed by atoms with Gasteiger partial charge in [-0.1, -0.05) is 19.9 Å². The molecule has 2 rings (SSSR count). The van der Waals surface area contributed by atoms with Crippen LogP contribution in [0.4, 0.5) is 0 Å². The zero-order valence-electron chi connectivity index (χ0n) is 8.05. The van der Waals surface area contributed by atoms with Gasteiger partial charge in [-0.25, -0.2) is 0 Å². The van der Waals surface area contributed by atoms with Crippen LogP contribution in [0, 0.1) is 5.41 Å². The van der Waals surface area contributed by atoms with E-state index in [1.807, 2.05) is 0 Å². The largest absolute Gasteiger partial charge is 0.502 e. The topological polar surface area (TPSA) is 66.4 Å². The molecule has 1 heterocycles. The van der Waals surface area contributed by atoms with Crippen molar-refractivity contribution in [1.82, 2.24) is 5.32 Å². The van der Waals surface area contributed by atoms with Gasteiger partial charge in [0.15, 0.2) is 11.5 Å². The molecule has 0 bridgehead atoms. The lowest BCUT2D eigenvalue weighted by molar-refractivity contribution is -0.123. The molecule has 14 heavy (non-hydrogen) atoms. The standard InChI is InChI=1S/C10H11NO3/c1-10(2)4-3-5-6(8(10)13)7(12)9(14)11-5/h3,12H,4H2,1-2H3,(H,11,14). The predicted octanol–water partition coefficient (Wildman–Crippen LogP) is 0.811. The average molecular weight is 193 g/mol. The van der Waals surface area contributed by atoms with Crippen molar-refractivity contribution in [2.75, 3.05) is 0 Å². The van der Waals surface area contributed by atoms with E-state index in [0.717, 1.165) is 0 Å². The van der Waals surface area contributed by atoms with Crippen LogP contribution in [0.2, 0.25) is 0 Å². The van der Waals surface area contributed by atoms with E-state index in [-0.39, 0.29) is 11.4 Å². The Kier molecular flexibility index (Phi) is 1.58. The maximum Gasteiger partial charge on any atom is 0.291 e. The summed E-state index contributed by atoms with van der Waals surface area (Å²) in [4.78, 5) is 22.9. The summed E-state index contributed by atoms with van der Waals surface area (Å²) >= 11 is 0. The zero-order valence-corrected chi connectivity index (χ0v) is 8.05. The molecule has 0 aromatic heterocycles. The Morgan fingerprint density at radius 3 is 2.71 bits per heavy atom. The van der Waals surface area contributed by atoms with Gasteiger partial charge >= 0.3 is 0 Å². The summed E-state index contributed by atoms with van der Waals surface area (Å²) in [5.41, 5.74) is 0.0714. The fourth-order valence-electron chi connectivity index (χ4n) is 1.66. The number of rotatable bonds is 0. The Bertz CT molecular complexity index is 402. The Morgan fingerprint density at radius 1 is 1.43 bits per heavy atom. The number of ketones is 1. The molecule has 1 aliphatic heterocycles. The first-order valence-electron chi connectivity index (χ1n) is 4.43. The maximum atomic E-state index is 11.8. The average Bonchev–Trinajstić information content (AvgIpc) is 2.38. The fourth-order valence-corrected chi connectivity index (χ4v) is 1.66. The summed E-state index contributed by atoms with van der Waals surface area (Å²) in [7, 11) is 0. The number of allylic oxidation sites excluding steroid dienone is 2. The molecule has 1 aliphatic carbocycles. The van der Waals surface area contributed by atoms with Crippen LogP contribution in [-0.2, 0) is 9.59 Å². The number of hydrogen-bond acceptors (Lipinski definition) is 3. The molecule has 0 spiro atoms. The van der Waals surface area contributed by atoms with Gasteiger partial charge in [-0.05, 0) is 6.42 Å². The highest BCUT2D eigenvalue weighted by molar-refractivity contribution is 6.14. The van der Waals surface area contributed by atoms with Crippen molar-refractivity contribution in [1.29, 1.82) is 0 Å². The van der Waals surface area contributed by atoms with Gasteiger partial charge in [0.2, 0.25) is 0 Å². The van der Waals surface area contributed by atoms with E-state index in [4.69, 9.17) is 0 Å². The van der Waals surface area contributed by atoms with E-state index in [1.54, 1.807) is 19.9 Å². The number of nitrogens with one attached hydrogen (secondary N) is 1. The SMILES string of the molecule is CC1(C)CC=C2NC(=O)C(O)=C2C1=O. The van der Waals surface area contributed by atoms with Crippen molar-refractivity contribution in [2.45, 2.75) is 20.3 Å². The molecule has 0 unspecified atom stereocenters. The van der Waals surface area contributed by atoms with Crippen LogP contribution in [0.3, 0.4) is 0 Å². The Morgan fingerprint density at radius 2 is 2.07 bits per heavy atom. The summed E-state index contributed by atoms with van der Waals surface area (Å²) < 4.78 is 0. The third kappa shape index (κ3) is 0.999. The molecule has 0 fully saturated rings. The van der Waals surface area contributed by atoms with Crippen LogP contribution in [0.25, 0.3) is 0 Å². The molecule has 0 atom stereocenters. The Labute approximate surface area is 81.3 Å². The molecule has 0 aromatic carbocycles. The Hall–Kier alpha value is -1.58. The summed E-state index contributed by atoms with van der Waals surface area (Å²) in [5.74, 6) is -1.21. The highest BCUT2D eigenvalue weighted by Crippen LogP contribution is 2.36. The lowest BCUT2D eigenvalue weighted by Gasteiger charge is -2.26. The van der Waals surface area contributed by atoms with Crippen molar-refractivity contribution < 1.29 is 14.7 Å². The summed E-state index contributed by atoms with van der Waals surface area (Å²) in [6.07, 6.45) is 2.36. The molecule has 4 nitrogen and oxygen atoms in total. The van der Waals surface area contributed by atoms with E-state index in [1.165, 1.54) is 0 Å². The van der Waals surface area contributed by atoms with Gasteiger partial charge in [0, 0.05) is 5.41 Å². The minimum absolute atomic E-state index is 0.145. The summed E-state index contributed by atoms with van der Waals surface area (Å²) in [6.45, 7) is 3.59. The number of fused-ring (bicyclic) bond motifs is 1. The molecular weight excluding hydrogens is 182 g/mol. The van der Waals surface area contributed by atoms with Crippen molar-refractivity contribution in [3.63, 3.8) is 0 Å². The van der Waals surface area contributed by atoms with Crippen LogP contribution in [-0.4, -0.2) is 16.8 Å².